The van der Waals surface area contributed by atoms with Gasteiger partial charge in [0.05, 0.1) is 0 Å². The number of hydrogen-bond acceptors (Lipinski definition) is 7. The molecule has 8 nitrogen and oxygen atoms in total. The fourth-order valence-corrected chi connectivity index (χ4v) is 4.46. The maximum atomic E-state index is 12.7. The van der Waals surface area contributed by atoms with Gasteiger partial charge in [0.25, 0.3) is 0 Å². The van der Waals surface area contributed by atoms with E-state index in [4.69, 9.17) is 0 Å². The first-order valence-electron chi connectivity index (χ1n) is 11.5. The molecule has 31 heavy (non-hydrogen) atoms. The van der Waals surface area contributed by atoms with Crippen molar-refractivity contribution in [1.29, 1.82) is 0 Å². The molecule has 0 unspecified atom stereocenters. The third kappa shape index (κ3) is 5.62. The summed E-state index contributed by atoms with van der Waals surface area (Å²) in [5, 5.41) is 3.25. The standard InChI is InChI=1S/C23H33N7O/c1-2-24-20-17-22(27-18-26-20)28-11-8-19(9-12-28)6-7-23(31)30-15-13-29(14-16-30)21-5-3-4-10-25-21/h3-5,10,17-19H,2,6-9,11-16H2,1H3,(H,24,26,27). The molecule has 2 fully saturated rings. The lowest BCUT2D eigenvalue weighted by molar-refractivity contribution is -0.131. The van der Waals surface area contributed by atoms with E-state index < -0.39 is 0 Å². The second-order valence-corrected chi connectivity index (χ2v) is 8.32. The van der Waals surface area contributed by atoms with Gasteiger partial charge in [-0.25, -0.2) is 15.0 Å². The summed E-state index contributed by atoms with van der Waals surface area (Å²) in [6.07, 6.45) is 7.32. The molecular formula is C23H33N7O. The zero-order valence-electron chi connectivity index (χ0n) is 18.4. The Kier molecular flexibility index (Phi) is 7.17. The summed E-state index contributed by atoms with van der Waals surface area (Å²) in [5.74, 6) is 3.79. The van der Waals surface area contributed by atoms with Gasteiger partial charge < -0.3 is 20.0 Å². The van der Waals surface area contributed by atoms with Crippen molar-refractivity contribution in [3.05, 3.63) is 36.8 Å². The lowest BCUT2D eigenvalue weighted by Gasteiger charge is -2.36. The molecule has 8 heteroatoms. The molecule has 0 aromatic carbocycles. The van der Waals surface area contributed by atoms with Gasteiger partial charge in [0.2, 0.25) is 5.91 Å². The van der Waals surface area contributed by atoms with Crippen LogP contribution < -0.4 is 15.1 Å². The van der Waals surface area contributed by atoms with E-state index in [9.17, 15) is 4.79 Å². The number of pyridine rings is 1. The van der Waals surface area contributed by atoms with Gasteiger partial charge in [-0.2, -0.15) is 0 Å². The molecule has 2 aliphatic rings. The van der Waals surface area contributed by atoms with E-state index in [1.165, 1.54) is 0 Å². The number of hydrogen-bond donors (Lipinski definition) is 1. The third-order valence-corrected chi connectivity index (χ3v) is 6.32. The first-order valence-corrected chi connectivity index (χ1v) is 11.5. The Labute approximate surface area is 184 Å². The van der Waals surface area contributed by atoms with E-state index in [0.29, 0.717) is 18.2 Å². The van der Waals surface area contributed by atoms with E-state index in [0.717, 1.165) is 82.5 Å². The molecule has 0 spiro atoms. The number of aromatic nitrogens is 3. The summed E-state index contributed by atoms with van der Waals surface area (Å²) >= 11 is 0. The van der Waals surface area contributed by atoms with Gasteiger partial charge in [-0.1, -0.05) is 6.07 Å². The number of piperazine rings is 1. The first kappa shape index (κ1) is 21.3. The van der Waals surface area contributed by atoms with Gasteiger partial charge in [-0.15, -0.1) is 0 Å². The molecule has 1 N–H and O–H groups in total. The van der Waals surface area contributed by atoms with E-state index in [1.54, 1.807) is 6.33 Å². The maximum Gasteiger partial charge on any atom is 0.222 e. The van der Waals surface area contributed by atoms with Crippen LogP contribution in [0.1, 0.15) is 32.6 Å². The molecule has 0 aliphatic carbocycles. The van der Waals surface area contributed by atoms with Gasteiger partial charge in [0.1, 0.15) is 23.8 Å². The highest BCUT2D eigenvalue weighted by atomic mass is 16.2. The number of rotatable bonds is 7. The largest absolute Gasteiger partial charge is 0.370 e. The molecule has 0 atom stereocenters. The lowest BCUT2D eigenvalue weighted by atomic mass is 9.92. The average Bonchev–Trinajstić information content (AvgIpc) is 2.84. The second kappa shape index (κ2) is 10.4. The molecule has 1 amide bonds. The number of carbonyl (C=O) groups is 1. The van der Waals surface area contributed by atoms with Gasteiger partial charge in [0.15, 0.2) is 0 Å². The summed E-state index contributed by atoms with van der Waals surface area (Å²) in [5.41, 5.74) is 0. The summed E-state index contributed by atoms with van der Waals surface area (Å²) in [4.78, 5) is 32.5. The third-order valence-electron chi connectivity index (χ3n) is 6.32. The Balaban J connectivity index is 1.18. The molecule has 2 aromatic heterocycles. The minimum Gasteiger partial charge on any atom is -0.370 e. The van der Waals surface area contributed by atoms with E-state index in [1.807, 2.05) is 35.4 Å². The van der Waals surface area contributed by atoms with Crippen molar-refractivity contribution < 1.29 is 4.79 Å². The van der Waals surface area contributed by atoms with Crippen molar-refractivity contribution in [3.8, 4) is 0 Å². The zero-order valence-corrected chi connectivity index (χ0v) is 18.4. The molecule has 166 valence electrons. The SMILES string of the molecule is CCNc1cc(N2CCC(CCC(=O)N3CCN(c4ccccn4)CC3)CC2)ncn1. The molecule has 4 heterocycles. The molecular weight excluding hydrogens is 390 g/mol. The second-order valence-electron chi connectivity index (χ2n) is 8.32. The summed E-state index contributed by atoms with van der Waals surface area (Å²) in [6.45, 7) is 8.18. The molecule has 0 bridgehead atoms. The maximum absolute atomic E-state index is 12.7. The van der Waals surface area contributed by atoms with Crippen LogP contribution in [-0.4, -0.2) is 71.6 Å². The molecule has 4 rings (SSSR count). The van der Waals surface area contributed by atoms with Crippen LogP contribution in [0.2, 0.25) is 0 Å². The average molecular weight is 424 g/mol. The van der Waals surface area contributed by atoms with E-state index in [-0.39, 0.29) is 0 Å². The van der Waals surface area contributed by atoms with Crippen molar-refractivity contribution in [1.82, 2.24) is 19.9 Å². The Morgan fingerprint density at radius 1 is 1.00 bits per heavy atom. The molecule has 0 saturated carbocycles. The topological polar surface area (TPSA) is 77.5 Å². The number of nitrogens with zero attached hydrogens (tertiary/aromatic N) is 6. The molecule has 2 saturated heterocycles. The van der Waals surface area contributed by atoms with Crippen LogP contribution in [0.25, 0.3) is 0 Å². The van der Waals surface area contributed by atoms with E-state index in [2.05, 4.69) is 37.0 Å². The zero-order chi connectivity index (χ0) is 21.5. The van der Waals surface area contributed by atoms with Gasteiger partial charge >= 0.3 is 0 Å². The van der Waals surface area contributed by atoms with E-state index >= 15 is 0 Å². The van der Waals surface area contributed by atoms with Crippen LogP contribution in [0.5, 0.6) is 0 Å². The van der Waals surface area contributed by atoms with Gasteiger partial charge in [-0.3, -0.25) is 4.79 Å². The predicted molar refractivity (Wildman–Crippen MR) is 123 cm³/mol. The fourth-order valence-electron chi connectivity index (χ4n) is 4.46. The molecule has 2 aliphatic heterocycles. The normalized spacial score (nSPS) is 17.6. The van der Waals surface area contributed by atoms with Crippen LogP contribution >= 0.6 is 0 Å². The Morgan fingerprint density at radius 3 is 2.48 bits per heavy atom. The smallest absolute Gasteiger partial charge is 0.222 e. The Bertz CT molecular complexity index is 831. The van der Waals surface area contributed by atoms with Gasteiger partial charge in [-0.05, 0) is 44.2 Å². The summed E-state index contributed by atoms with van der Waals surface area (Å²) < 4.78 is 0. The highest BCUT2D eigenvalue weighted by Gasteiger charge is 2.24. The van der Waals surface area contributed by atoms with Gasteiger partial charge in [0, 0.05) is 64.5 Å². The van der Waals surface area contributed by atoms with Crippen molar-refractivity contribution in [2.75, 3.05) is 60.9 Å². The Morgan fingerprint density at radius 2 is 1.77 bits per heavy atom. The highest BCUT2D eigenvalue weighted by Crippen LogP contribution is 2.26. The summed E-state index contributed by atoms with van der Waals surface area (Å²) in [7, 11) is 0. The van der Waals surface area contributed by atoms with Crippen LogP contribution in [0, 0.1) is 5.92 Å². The predicted octanol–water partition coefficient (Wildman–Crippen LogP) is 2.65. The first-order chi connectivity index (χ1) is 15.2. The van der Waals surface area contributed by atoms with Crippen LogP contribution in [-0.2, 0) is 4.79 Å². The molecule has 0 radical (unpaired) electrons. The van der Waals surface area contributed by atoms with Crippen molar-refractivity contribution in [2.45, 2.75) is 32.6 Å². The van der Waals surface area contributed by atoms with Crippen LogP contribution in [0.15, 0.2) is 36.8 Å². The van der Waals surface area contributed by atoms with Crippen LogP contribution in [0.4, 0.5) is 17.5 Å². The fraction of sp³-hybridized carbons (Fsp3) is 0.565. The lowest BCUT2D eigenvalue weighted by Crippen LogP contribution is -2.49. The minimum absolute atomic E-state index is 0.300. The monoisotopic (exact) mass is 423 g/mol. The van der Waals surface area contributed by atoms with Crippen molar-refractivity contribution in [3.63, 3.8) is 0 Å². The number of nitrogens with one attached hydrogen (secondary N) is 1. The number of piperidine rings is 1. The van der Waals surface area contributed by atoms with Crippen LogP contribution in [0.3, 0.4) is 0 Å². The van der Waals surface area contributed by atoms with Crippen molar-refractivity contribution in [2.24, 2.45) is 5.92 Å². The summed E-state index contributed by atoms with van der Waals surface area (Å²) in [6, 6.07) is 8.00. The van der Waals surface area contributed by atoms with Crippen molar-refractivity contribution >= 4 is 23.4 Å². The highest BCUT2D eigenvalue weighted by molar-refractivity contribution is 5.76. The molecule has 2 aromatic rings. The number of amides is 1. The quantitative estimate of drug-likeness (QED) is 0.733. The number of anilines is 3. The minimum atomic E-state index is 0.300. The Hall–Kier alpha value is -2.90. The number of carbonyl (C=O) groups excluding carboxylic acids is 1.